The van der Waals surface area contributed by atoms with Crippen LogP contribution in [-0.4, -0.2) is 15.9 Å². The van der Waals surface area contributed by atoms with Crippen molar-refractivity contribution in [2.24, 2.45) is 5.41 Å². The third-order valence-corrected chi connectivity index (χ3v) is 2.96. The Morgan fingerprint density at radius 1 is 1.24 bits per heavy atom. The van der Waals surface area contributed by atoms with E-state index in [1.807, 2.05) is 24.3 Å². The molecule has 2 rings (SSSR count). The first-order valence-corrected chi connectivity index (χ1v) is 7.06. The minimum atomic E-state index is 0.00317. The minimum absolute atomic E-state index is 0.00317. The Labute approximate surface area is 125 Å². The number of amides is 1. The lowest BCUT2D eigenvalue weighted by Crippen LogP contribution is -2.27. The van der Waals surface area contributed by atoms with Crippen LogP contribution >= 0.6 is 0 Å². The van der Waals surface area contributed by atoms with Crippen LogP contribution in [0.4, 0.5) is 0 Å². The Balaban J connectivity index is 2.01. The maximum atomic E-state index is 11.9. The molecule has 21 heavy (non-hydrogen) atoms. The third kappa shape index (κ3) is 4.99. The fraction of sp³-hybridized carbons (Fsp3) is 0.353. The molecule has 0 radical (unpaired) electrons. The standard InChI is InChI=1S/C17H21N3O/c1-17(2,3)10-16(21)20-11-13-6-8-19-15(9-13)14-5-4-7-18-12-14/h4-9,12H,10-11H2,1-3H3,(H,20,21). The van der Waals surface area contributed by atoms with Crippen molar-refractivity contribution in [1.82, 2.24) is 15.3 Å². The Hall–Kier alpha value is -2.23. The first-order valence-electron chi connectivity index (χ1n) is 7.06. The van der Waals surface area contributed by atoms with Crippen LogP contribution in [0.1, 0.15) is 32.8 Å². The largest absolute Gasteiger partial charge is 0.352 e. The summed E-state index contributed by atoms with van der Waals surface area (Å²) in [6.07, 6.45) is 5.80. The number of rotatable bonds is 4. The molecule has 0 spiro atoms. The molecule has 2 aromatic rings. The predicted octanol–water partition coefficient (Wildman–Crippen LogP) is 3.20. The van der Waals surface area contributed by atoms with E-state index < -0.39 is 0 Å². The highest BCUT2D eigenvalue weighted by atomic mass is 16.1. The van der Waals surface area contributed by atoms with E-state index >= 15 is 0 Å². The molecule has 4 nitrogen and oxygen atoms in total. The van der Waals surface area contributed by atoms with Crippen molar-refractivity contribution in [2.75, 3.05) is 0 Å². The summed E-state index contributed by atoms with van der Waals surface area (Å²) in [6.45, 7) is 6.68. The van der Waals surface area contributed by atoms with Crippen molar-refractivity contribution >= 4 is 5.91 Å². The van der Waals surface area contributed by atoms with Crippen LogP contribution < -0.4 is 5.32 Å². The molecule has 0 fully saturated rings. The van der Waals surface area contributed by atoms with Gasteiger partial charge in [-0.05, 0) is 35.2 Å². The molecule has 2 aromatic heterocycles. The second-order valence-corrected chi connectivity index (χ2v) is 6.31. The van der Waals surface area contributed by atoms with Crippen LogP contribution in [0, 0.1) is 5.41 Å². The van der Waals surface area contributed by atoms with E-state index in [9.17, 15) is 4.79 Å². The van der Waals surface area contributed by atoms with E-state index in [4.69, 9.17) is 0 Å². The van der Waals surface area contributed by atoms with Crippen molar-refractivity contribution in [3.8, 4) is 11.3 Å². The summed E-state index contributed by atoms with van der Waals surface area (Å²) in [6, 6.07) is 7.75. The highest BCUT2D eigenvalue weighted by Gasteiger charge is 2.15. The average Bonchev–Trinajstić information content (AvgIpc) is 2.45. The fourth-order valence-electron chi connectivity index (χ4n) is 2.00. The molecule has 0 aromatic carbocycles. The number of aromatic nitrogens is 2. The van der Waals surface area contributed by atoms with Crippen molar-refractivity contribution in [2.45, 2.75) is 33.7 Å². The van der Waals surface area contributed by atoms with E-state index in [-0.39, 0.29) is 11.3 Å². The monoisotopic (exact) mass is 283 g/mol. The first-order chi connectivity index (χ1) is 9.94. The number of carbonyl (C=O) groups is 1. The van der Waals surface area contributed by atoms with Gasteiger partial charge in [0.15, 0.2) is 0 Å². The zero-order chi connectivity index (χ0) is 15.3. The molecule has 1 amide bonds. The van der Waals surface area contributed by atoms with Crippen molar-refractivity contribution in [1.29, 1.82) is 0 Å². The summed E-state index contributed by atoms with van der Waals surface area (Å²) in [7, 11) is 0. The molecule has 0 atom stereocenters. The molecule has 4 heteroatoms. The van der Waals surface area contributed by atoms with E-state index in [0.29, 0.717) is 13.0 Å². The molecule has 0 aliphatic carbocycles. The molecule has 0 aliphatic heterocycles. The van der Waals surface area contributed by atoms with Crippen molar-refractivity contribution < 1.29 is 4.79 Å². The predicted molar refractivity (Wildman–Crippen MR) is 83.4 cm³/mol. The van der Waals surface area contributed by atoms with Gasteiger partial charge in [-0.25, -0.2) is 0 Å². The molecule has 0 aliphatic rings. The van der Waals surface area contributed by atoms with Gasteiger partial charge in [-0.1, -0.05) is 20.8 Å². The lowest BCUT2D eigenvalue weighted by Gasteiger charge is -2.17. The smallest absolute Gasteiger partial charge is 0.220 e. The van der Waals surface area contributed by atoms with Crippen LogP contribution in [0.2, 0.25) is 0 Å². The second kappa shape index (κ2) is 6.48. The van der Waals surface area contributed by atoms with Crippen molar-refractivity contribution in [3.63, 3.8) is 0 Å². The highest BCUT2D eigenvalue weighted by Crippen LogP contribution is 2.18. The van der Waals surface area contributed by atoms with Gasteiger partial charge in [0, 0.05) is 37.1 Å². The molecule has 0 saturated heterocycles. The summed E-state index contributed by atoms with van der Waals surface area (Å²) in [5.41, 5.74) is 2.88. The lowest BCUT2D eigenvalue weighted by molar-refractivity contribution is -0.122. The lowest BCUT2D eigenvalue weighted by atomic mass is 9.92. The molecule has 0 bridgehead atoms. The van der Waals surface area contributed by atoms with Gasteiger partial charge in [-0.3, -0.25) is 14.8 Å². The van der Waals surface area contributed by atoms with Crippen LogP contribution in [0.25, 0.3) is 11.3 Å². The second-order valence-electron chi connectivity index (χ2n) is 6.31. The Morgan fingerprint density at radius 3 is 2.71 bits per heavy atom. The quantitative estimate of drug-likeness (QED) is 0.937. The molecular formula is C17H21N3O. The number of nitrogens with zero attached hydrogens (tertiary/aromatic N) is 2. The number of hydrogen-bond acceptors (Lipinski definition) is 3. The molecule has 0 saturated carbocycles. The molecule has 1 N–H and O–H groups in total. The Bertz CT molecular complexity index is 603. The summed E-state index contributed by atoms with van der Waals surface area (Å²) < 4.78 is 0. The third-order valence-electron chi connectivity index (χ3n) is 2.96. The maximum Gasteiger partial charge on any atom is 0.220 e. The van der Waals surface area contributed by atoms with E-state index in [2.05, 4.69) is 36.1 Å². The average molecular weight is 283 g/mol. The van der Waals surface area contributed by atoms with Crippen LogP contribution in [0.15, 0.2) is 42.9 Å². The van der Waals surface area contributed by atoms with Crippen LogP contribution in [-0.2, 0) is 11.3 Å². The Morgan fingerprint density at radius 2 is 2.05 bits per heavy atom. The molecule has 2 heterocycles. The molecular weight excluding hydrogens is 262 g/mol. The number of nitrogens with one attached hydrogen (secondary N) is 1. The zero-order valence-electron chi connectivity index (χ0n) is 12.8. The van der Waals surface area contributed by atoms with Crippen molar-refractivity contribution in [3.05, 3.63) is 48.4 Å². The van der Waals surface area contributed by atoms with Gasteiger partial charge in [0.05, 0.1) is 5.69 Å². The first kappa shape index (κ1) is 15.2. The van der Waals surface area contributed by atoms with E-state index in [1.54, 1.807) is 18.6 Å². The van der Waals surface area contributed by atoms with Gasteiger partial charge in [-0.2, -0.15) is 0 Å². The Kier molecular flexibility index (Phi) is 4.68. The van der Waals surface area contributed by atoms with Crippen LogP contribution in [0.3, 0.4) is 0 Å². The number of pyridine rings is 2. The fourth-order valence-corrected chi connectivity index (χ4v) is 2.00. The number of carbonyl (C=O) groups excluding carboxylic acids is 1. The summed E-state index contributed by atoms with van der Waals surface area (Å²) in [5, 5.41) is 2.95. The summed E-state index contributed by atoms with van der Waals surface area (Å²) in [5.74, 6) is 0.0715. The molecule has 0 unspecified atom stereocenters. The number of hydrogen-bond donors (Lipinski definition) is 1. The maximum absolute atomic E-state index is 11.9. The summed E-state index contributed by atoms with van der Waals surface area (Å²) >= 11 is 0. The van der Waals surface area contributed by atoms with Gasteiger partial charge >= 0.3 is 0 Å². The van der Waals surface area contributed by atoms with Gasteiger partial charge in [0.25, 0.3) is 0 Å². The van der Waals surface area contributed by atoms with Gasteiger partial charge in [0.1, 0.15) is 0 Å². The van der Waals surface area contributed by atoms with Crippen LogP contribution in [0.5, 0.6) is 0 Å². The van der Waals surface area contributed by atoms with Gasteiger partial charge in [0.2, 0.25) is 5.91 Å². The van der Waals surface area contributed by atoms with Gasteiger partial charge in [-0.15, -0.1) is 0 Å². The summed E-state index contributed by atoms with van der Waals surface area (Å²) in [4.78, 5) is 20.3. The minimum Gasteiger partial charge on any atom is -0.352 e. The van der Waals surface area contributed by atoms with Gasteiger partial charge < -0.3 is 5.32 Å². The normalized spacial score (nSPS) is 11.2. The topological polar surface area (TPSA) is 54.9 Å². The molecule has 110 valence electrons. The zero-order valence-corrected chi connectivity index (χ0v) is 12.8. The van der Waals surface area contributed by atoms with E-state index in [0.717, 1.165) is 16.8 Å². The SMILES string of the molecule is CC(C)(C)CC(=O)NCc1ccnc(-c2cccnc2)c1. The van der Waals surface area contributed by atoms with E-state index in [1.165, 1.54) is 0 Å². The highest BCUT2D eigenvalue weighted by molar-refractivity contribution is 5.76.